The minimum Gasteiger partial charge on any atom is -0.381 e. The molecule has 1 aliphatic heterocycles. The summed E-state index contributed by atoms with van der Waals surface area (Å²) in [6, 6.07) is 5.50. The van der Waals surface area contributed by atoms with Gasteiger partial charge in [-0.25, -0.2) is 4.79 Å². The van der Waals surface area contributed by atoms with Crippen molar-refractivity contribution in [3.63, 3.8) is 0 Å². The first kappa shape index (κ1) is 17.1. The quantitative estimate of drug-likeness (QED) is 0.876. The molecule has 4 nitrogen and oxygen atoms in total. The van der Waals surface area contributed by atoms with E-state index in [1.165, 1.54) is 24.3 Å². The first-order valence-corrected chi connectivity index (χ1v) is 8.17. The molecule has 7 heteroatoms. The molecule has 1 aromatic carbocycles. The summed E-state index contributed by atoms with van der Waals surface area (Å²) >= 11 is 0. The van der Waals surface area contributed by atoms with E-state index in [9.17, 15) is 18.0 Å². The van der Waals surface area contributed by atoms with E-state index in [-0.39, 0.29) is 23.1 Å². The zero-order valence-electron chi connectivity index (χ0n) is 13.3. The van der Waals surface area contributed by atoms with E-state index in [1.54, 1.807) is 0 Å². The molecule has 132 valence electrons. The van der Waals surface area contributed by atoms with Crippen LogP contribution < -0.4 is 10.6 Å². The average Bonchev–Trinajstić information content (AvgIpc) is 2.47. The van der Waals surface area contributed by atoms with Gasteiger partial charge >= 0.3 is 12.2 Å². The number of nitrogens with one attached hydrogen (secondary N) is 2. The number of halogens is 3. The van der Waals surface area contributed by atoms with Crippen molar-refractivity contribution >= 4 is 11.7 Å². The predicted octanol–water partition coefficient (Wildman–Crippen LogP) is 3.87. The standard InChI is InChI=1S/C17H21F3N2O2/c18-17(19,20)10-12-2-4-13(5-3-12)21-15(23)22-14-6-9-24-11-16(14)7-1-8-16/h2-5,14H,1,6-11H2,(H2,21,22,23). The molecule has 1 unspecified atom stereocenters. The number of urea groups is 1. The fraction of sp³-hybridized carbons (Fsp3) is 0.588. The Morgan fingerprint density at radius 1 is 1.25 bits per heavy atom. The smallest absolute Gasteiger partial charge is 0.381 e. The van der Waals surface area contributed by atoms with Crippen LogP contribution in [-0.4, -0.2) is 31.5 Å². The lowest BCUT2D eigenvalue weighted by Crippen LogP contribution is -2.57. The van der Waals surface area contributed by atoms with Crippen LogP contribution in [0.1, 0.15) is 31.2 Å². The van der Waals surface area contributed by atoms with Gasteiger partial charge in [0.15, 0.2) is 0 Å². The zero-order valence-corrected chi connectivity index (χ0v) is 13.3. The summed E-state index contributed by atoms with van der Waals surface area (Å²) in [5.74, 6) is 0. The summed E-state index contributed by atoms with van der Waals surface area (Å²) in [7, 11) is 0. The van der Waals surface area contributed by atoms with Crippen molar-refractivity contribution in [1.29, 1.82) is 0 Å². The molecule has 1 heterocycles. The van der Waals surface area contributed by atoms with E-state index in [0.29, 0.717) is 18.9 Å². The molecule has 0 aromatic heterocycles. The maximum Gasteiger partial charge on any atom is 0.393 e. The molecule has 1 spiro atoms. The lowest BCUT2D eigenvalue weighted by Gasteiger charge is -2.50. The van der Waals surface area contributed by atoms with Crippen molar-refractivity contribution in [2.75, 3.05) is 18.5 Å². The second-order valence-electron chi connectivity index (χ2n) is 6.70. The normalized spacial score (nSPS) is 22.7. The van der Waals surface area contributed by atoms with E-state index in [1.807, 2.05) is 0 Å². The predicted molar refractivity (Wildman–Crippen MR) is 83.9 cm³/mol. The maximum absolute atomic E-state index is 12.3. The van der Waals surface area contributed by atoms with Crippen molar-refractivity contribution in [2.24, 2.45) is 5.41 Å². The summed E-state index contributed by atoms with van der Waals surface area (Å²) in [5.41, 5.74) is 0.714. The van der Waals surface area contributed by atoms with Crippen LogP contribution in [-0.2, 0) is 11.2 Å². The van der Waals surface area contributed by atoms with Gasteiger partial charge in [0.1, 0.15) is 0 Å². The highest BCUT2D eigenvalue weighted by atomic mass is 19.4. The second-order valence-corrected chi connectivity index (χ2v) is 6.70. The number of rotatable bonds is 3. The average molecular weight is 342 g/mol. The van der Waals surface area contributed by atoms with Crippen LogP contribution in [0.25, 0.3) is 0 Å². The first-order chi connectivity index (χ1) is 11.4. The lowest BCUT2D eigenvalue weighted by molar-refractivity contribution is -0.127. The Labute approximate surface area is 138 Å². The van der Waals surface area contributed by atoms with Gasteiger partial charge < -0.3 is 15.4 Å². The third kappa shape index (κ3) is 4.01. The molecular weight excluding hydrogens is 321 g/mol. The summed E-state index contributed by atoms with van der Waals surface area (Å²) in [5, 5.41) is 5.70. The maximum atomic E-state index is 12.3. The third-order valence-electron chi connectivity index (χ3n) is 4.95. The number of alkyl halides is 3. The van der Waals surface area contributed by atoms with Crippen LogP contribution in [0.5, 0.6) is 0 Å². The number of amides is 2. The molecule has 1 aliphatic carbocycles. The Hall–Kier alpha value is -1.76. The van der Waals surface area contributed by atoms with Crippen LogP contribution in [0, 0.1) is 5.41 Å². The topological polar surface area (TPSA) is 50.4 Å². The van der Waals surface area contributed by atoms with Gasteiger partial charge in [-0.1, -0.05) is 18.6 Å². The lowest BCUT2D eigenvalue weighted by atomic mass is 9.63. The van der Waals surface area contributed by atoms with E-state index in [2.05, 4.69) is 10.6 Å². The number of ether oxygens (including phenoxy) is 1. The minimum absolute atomic E-state index is 0.0617. The molecular formula is C17H21F3N2O2. The van der Waals surface area contributed by atoms with E-state index in [0.717, 1.165) is 25.7 Å². The molecule has 1 saturated heterocycles. The van der Waals surface area contributed by atoms with Gasteiger partial charge in [0.25, 0.3) is 0 Å². The Kier molecular flexibility index (Phi) is 4.71. The van der Waals surface area contributed by atoms with E-state index < -0.39 is 12.6 Å². The third-order valence-corrected chi connectivity index (χ3v) is 4.95. The number of carbonyl (C=O) groups is 1. The van der Waals surface area contributed by atoms with Crippen molar-refractivity contribution in [3.05, 3.63) is 29.8 Å². The molecule has 1 aromatic rings. The van der Waals surface area contributed by atoms with Gasteiger partial charge in [-0.3, -0.25) is 0 Å². The van der Waals surface area contributed by atoms with E-state index >= 15 is 0 Å². The van der Waals surface area contributed by atoms with Crippen LogP contribution in [0.3, 0.4) is 0 Å². The number of benzene rings is 1. The molecule has 2 fully saturated rings. The van der Waals surface area contributed by atoms with Gasteiger partial charge in [0.05, 0.1) is 13.0 Å². The molecule has 2 amide bonds. The zero-order chi connectivity index (χ0) is 17.2. The highest BCUT2D eigenvalue weighted by Gasteiger charge is 2.46. The van der Waals surface area contributed by atoms with Crippen LogP contribution in [0.15, 0.2) is 24.3 Å². The van der Waals surface area contributed by atoms with Gasteiger partial charge in [0.2, 0.25) is 0 Å². The Balaban J connectivity index is 1.55. The highest BCUT2D eigenvalue weighted by Crippen LogP contribution is 2.46. The van der Waals surface area contributed by atoms with Crippen LogP contribution >= 0.6 is 0 Å². The molecule has 2 aliphatic rings. The molecule has 2 N–H and O–H groups in total. The molecule has 3 rings (SSSR count). The number of hydrogen-bond donors (Lipinski definition) is 2. The summed E-state index contributed by atoms with van der Waals surface area (Å²) in [6.07, 6.45) is -1.13. The summed E-state index contributed by atoms with van der Waals surface area (Å²) in [6.45, 7) is 1.32. The molecule has 1 saturated carbocycles. The minimum atomic E-state index is -4.23. The summed E-state index contributed by atoms with van der Waals surface area (Å²) in [4.78, 5) is 12.2. The van der Waals surface area contributed by atoms with Crippen molar-refractivity contribution < 1.29 is 22.7 Å². The second kappa shape index (κ2) is 6.63. The fourth-order valence-corrected chi connectivity index (χ4v) is 3.50. The highest BCUT2D eigenvalue weighted by molar-refractivity contribution is 5.89. The van der Waals surface area contributed by atoms with Crippen molar-refractivity contribution in [3.8, 4) is 0 Å². The SMILES string of the molecule is O=C(Nc1ccc(CC(F)(F)F)cc1)NC1CCOCC12CCC2. The van der Waals surface area contributed by atoms with Gasteiger partial charge in [-0.15, -0.1) is 0 Å². The Morgan fingerprint density at radius 3 is 2.54 bits per heavy atom. The number of anilines is 1. The molecule has 24 heavy (non-hydrogen) atoms. The van der Waals surface area contributed by atoms with Crippen molar-refractivity contribution in [2.45, 2.75) is 44.3 Å². The Bertz CT molecular complexity index is 582. The van der Waals surface area contributed by atoms with Crippen LogP contribution in [0.2, 0.25) is 0 Å². The van der Waals surface area contributed by atoms with Gasteiger partial charge in [-0.05, 0) is 37.0 Å². The number of hydrogen-bond acceptors (Lipinski definition) is 2. The fourth-order valence-electron chi connectivity index (χ4n) is 3.50. The summed E-state index contributed by atoms with van der Waals surface area (Å²) < 4.78 is 42.5. The van der Waals surface area contributed by atoms with E-state index in [4.69, 9.17) is 4.74 Å². The van der Waals surface area contributed by atoms with Gasteiger partial charge in [-0.2, -0.15) is 13.2 Å². The van der Waals surface area contributed by atoms with Crippen LogP contribution in [0.4, 0.5) is 23.7 Å². The largest absolute Gasteiger partial charge is 0.393 e. The Morgan fingerprint density at radius 2 is 1.96 bits per heavy atom. The monoisotopic (exact) mass is 342 g/mol. The molecule has 0 radical (unpaired) electrons. The molecule has 1 atom stereocenters. The first-order valence-electron chi connectivity index (χ1n) is 8.17. The molecule has 0 bridgehead atoms. The van der Waals surface area contributed by atoms with Gasteiger partial charge in [0, 0.05) is 23.8 Å². The van der Waals surface area contributed by atoms with Crippen molar-refractivity contribution in [1.82, 2.24) is 5.32 Å². The number of carbonyl (C=O) groups excluding carboxylic acids is 1.